The molecule has 0 bridgehead atoms. The van der Waals surface area contributed by atoms with E-state index in [0.29, 0.717) is 17.8 Å². The van der Waals surface area contributed by atoms with Crippen molar-refractivity contribution in [1.29, 1.82) is 0 Å². The van der Waals surface area contributed by atoms with Crippen molar-refractivity contribution >= 4 is 40.1 Å². The second-order valence-electron chi connectivity index (χ2n) is 8.62. The van der Waals surface area contributed by atoms with Crippen LogP contribution in [-0.2, 0) is 20.7 Å². The zero-order chi connectivity index (χ0) is 24.2. The van der Waals surface area contributed by atoms with Gasteiger partial charge in [-0.3, -0.25) is 4.79 Å². The molecule has 0 aliphatic carbocycles. The average molecular weight is 496 g/mol. The van der Waals surface area contributed by atoms with E-state index in [9.17, 15) is 9.59 Å². The van der Waals surface area contributed by atoms with Gasteiger partial charge < -0.3 is 15.0 Å². The number of nitrogens with one attached hydrogen (secondary N) is 1. The molecule has 0 radical (unpaired) electrons. The predicted octanol–water partition coefficient (Wildman–Crippen LogP) is 5.33. The molecule has 2 aromatic rings. The lowest BCUT2D eigenvalue weighted by Crippen LogP contribution is -2.38. The van der Waals surface area contributed by atoms with E-state index < -0.39 is 6.04 Å². The van der Waals surface area contributed by atoms with Crippen LogP contribution < -0.4 is 5.32 Å². The largest absolute Gasteiger partial charge is 0.459 e. The number of esters is 1. The minimum absolute atomic E-state index is 0.0507. The standard InChI is InChI=1S/C26H29N3O3S2/c1-16(2)32-25(31)23-18(4)28-26-29(24(23)19-8-5-7-17(3)13-19)20(15-34-26)14-22(30)27-11-10-21-9-6-12-33-21/h5-9,12-13,15-16,24H,10-11,14H2,1-4H3,(H,27,30)/t24-/m0/s1. The summed E-state index contributed by atoms with van der Waals surface area (Å²) in [4.78, 5) is 33.9. The number of carbonyl (C=O) groups is 2. The van der Waals surface area contributed by atoms with Crippen molar-refractivity contribution < 1.29 is 14.3 Å². The Morgan fingerprint density at radius 2 is 2.03 bits per heavy atom. The summed E-state index contributed by atoms with van der Waals surface area (Å²) in [5, 5.41) is 7.80. The van der Waals surface area contributed by atoms with Gasteiger partial charge in [0.1, 0.15) is 0 Å². The van der Waals surface area contributed by atoms with E-state index in [-0.39, 0.29) is 24.4 Å². The van der Waals surface area contributed by atoms with E-state index in [0.717, 1.165) is 28.4 Å². The number of thiophene rings is 1. The van der Waals surface area contributed by atoms with Gasteiger partial charge in [-0.2, -0.15) is 0 Å². The molecule has 0 fully saturated rings. The molecular weight excluding hydrogens is 466 g/mol. The zero-order valence-electron chi connectivity index (χ0n) is 19.8. The zero-order valence-corrected chi connectivity index (χ0v) is 21.5. The topological polar surface area (TPSA) is 71.0 Å². The smallest absolute Gasteiger partial charge is 0.338 e. The molecule has 2 aliphatic rings. The molecule has 1 atom stereocenters. The third-order valence-electron chi connectivity index (χ3n) is 5.54. The van der Waals surface area contributed by atoms with Gasteiger partial charge in [-0.25, -0.2) is 9.79 Å². The van der Waals surface area contributed by atoms with Crippen molar-refractivity contribution in [2.45, 2.75) is 52.7 Å². The van der Waals surface area contributed by atoms with Gasteiger partial charge >= 0.3 is 5.97 Å². The molecule has 178 valence electrons. The number of nitrogens with zero attached hydrogens (tertiary/aromatic N) is 2. The highest BCUT2D eigenvalue weighted by Gasteiger charge is 2.41. The number of benzene rings is 1. The van der Waals surface area contributed by atoms with Crippen LogP contribution in [-0.4, -0.2) is 34.6 Å². The van der Waals surface area contributed by atoms with Crippen LogP contribution in [0.4, 0.5) is 0 Å². The van der Waals surface area contributed by atoms with Gasteiger partial charge in [-0.1, -0.05) is 47.7 Å². The Balaban J connectivity index is 1.58. The number of fused-ring (bicyclic) bond motifs is 1. The fourth-order valence-corrected chi connectivity index (χ4v) is 5.74. The molecule has 2 aliphatic heterocycles. The monoisotopic (exact) mass is 495 g/mol. The number of aliphatic imine (C=N–C) groups is 1. The molecule has 0 saturated heterocycles. The highest BCUT2D eigenvalue weighted by Crippen LogP contribution is 2.45. The van der Waals surface area contributed by atoms with Gasteiger partial charge in [0.25, 0.3) is 0 Å². The maximum absolute atomic E-state index is 13.2. The lowest BCUT2D eigenvalue weighted by molar-refractivity contribution is -0.143. The molecule has 3 heterocycles. The minimum atomic E-state index is -0.404. The van der Waals surface area contributed by atoms with Crippen molar-refractivity contribution in [1.82, 2.24) is 10.2 Å². The maximum Gasteiger partial charge on any atom is 0.338 e. The molecule has 4 rings (SSSR count). The van der Waals surface area contributed by atoms with Gasteiger partial charge in [-0.15, -0.1) is 11.3 Å². The van der Waals surface area contributed by atoms with Crippen LogP contribution >= 0.6 is 23.1 Å². The molecule has 0 spiro atoms. The number of ether oxygens (including phenoxy) is 1. The summed E-state index contributed by atoms with van der Waals surface area (Å²) in [5.74, 6) is -0.427. The van der Waals surface area contributed by atoms with Crippen LogP contribution in [0.15, 0.2) is 69.1 Å². The van der Waals surface area contributed by atoms with Crippen molar-refractivity contribution in [2.24, 2.45) is 4.99 Å². The van der Waals surface area contributed by atoms with Crippen molar-refractivity contribution in [3.05, 3.63) is 80.2 Å². The first-order chi connectivity index (χ1) is 16.3. The van der Waals surface area contributed by atoms with Crippen LogP contribution in [0.3, 0.4) is 0 Å². The van der Waals surface area contributed by atoms with Crippen LogP contribution in [0.1, 0.15) is 49.2 Å². The summed E-state index contributed by atoms with van der Waals surface area (Å²) in [7, 11) is 0. The maximum atomic E-state index is 13.2. The fourth-order valence-electron chi connectivity index (χ4n) is 4.07. The lowest BCUT2D eigenvalue weighted by atomic mass is 9.93. The first kappa shape index (κ1) is 24.3. The second-order valence-corrected chi connectivity index (χ2v) is 10.5. The number of amides is 1. The minimum Gasteiger partial charge on any atom is -0.459 e. The number of thioether (sulfide) groups is 1. The van der Waals surface area contributed by atoms with Crippen molar-refractivity contribution in [3.63, 3.8) is 0 Å². The number of allylic oxidation sites excluding steroid dienone is 1. The van der Waals surface area contributed by atoms with Gasteiger partial charge in [0.15, 0.2) is 5.17 Å². The van der Waals surface area contributed by atoms with Crippen LogP contribution in [0, 0.1) is 6.92 Å². The Labute approximate surface area is 208 Å². The number of rotatable bonds is 8. The van der Waals surface area contributed by atoms with Crippen molar-refractivity contribution in [2.75, 3.05) is 6.54 Å². The Hall–Kier alpha value is -2.84. The van der Waals surface area contributed by atoms with E-state index in [4.69, 9.17) is 9.73 Å². The van der Waals surface area contributed by atoms with E-state index >= 15 is 0 Å². The fraction of sp³-hybridized carbons (Fsp3) is 0.346. The molecular formula is C26H29N3O3S2. The Kier molecular flexibility index (Phi) is 7.58. The third kappa shape index (κ3) is 5.45. The summed E-state index contributed by atoms with van der Waals surface area (Å²) in [6.45, 7) is 8.14. The van der Waals surface area contributed by atoms with E-state index in [1.54, 1.807) is 11.3 Å². The number of amidine groups is 1. The van der Waals surface area contributed by atoms with E-state index in [1.807, 2.05) is 67.6 Å². The highest BCUT2D eigenvalue weighted by molar-refractivity contribution is 8.16. The third-order valence-corrected chi connectivity index (χ3v) is 7.36. The number of aryl methyl sites for hydroxylation is 1. The molecule has 1 N–H and O–H groups in total. The first-order valence-corrected chi connectivity index (χ1v) is 13.1. The van der Waals surface area contributed by atoms with E-state index in [1.165, 1.54) is 16.6 Å². The van der Waals surface area contributed by atoms with Crippen LogP contribution in [0.2, 0.25) is 0 Å². The number of hydrogen-bond acceptors (Lipinski definition) is 7. The van der Waals surface area contributed by atoms with Crippen molar-refractivity contribution in [3.8, 4) is 0 Å². The summed E-state index contributed by atoms with van der Waals surface area (Å²) < 4.78 is 5.60. The molecule has 0 saturated carbocycles. The number of carbonyl (C=O) groups excluding carboxylic acids is 2. The molecule has 6 nitrogen and oxygen atoms in total. The van der Waals surface area contributed by atoms with Crippen LogP contribution in [0.25, 0.3) is 0 Å². The number of hydrogen-bond donors (Lipinski definition) is 1. The van der Waals surface area contributed by atoms with Gasteiger partial charge in [0.05, 0.1) is 29.8 Å². The Morgan fingerprint density at radius 3 is 2.74 bits per heavy atom. The van der Waals surface area contributed by atoms with Gasteiger partial charge in [-0.05, 0) is 56.5 Å². The predicted molar refractivity (Wildman–Crippen MR) is 138 cm³/mol. The van der Waals surface area contributed by atoms with Gasteiger partial charge in [0.2, 0.25) is 5.91 Å². The molecule has 34 heavy (non-hydrogen) atoms. The quantitative estimate of drug-likeness (QED) is 0.501. The van der Waals surface area contributed by atoms with E-state index in [2.05, 4.69) is 17.4 Å². The second kappa shape index (κ2) is 10.6. The summed E-state index contributed by atoms with van der Waals surface area (Å²) in [6, 6.07) is 11.8. The summed E-state index contributed by atoms with van der Waals surface area (Å²) >= 11 is 3.17. The summed E-state index contributed by atoms with van der Waals surface area (Å²) in [6.07, 6.45) is 0.783. The molecule has 1 aromatic carbocycles. The normalized spacial score (nSPS) is 17.4. The summed E-state index contributed by atoms with van der Waals surface area (Å²) in [5.41, 5.74) is 4.04. The van der Waals surface area contributed by atoms with Gasteiger partial charge in [0, 0.05) is 17.1 Å². The average Bonchev–Trinajstić information content (AvgIpc) is 3.42. The molecule has 8 heteroatoms. The molecule has 1 amide bonds. The SMILES string of the molecule is CC1=C(C(=O)OC(C)C)[C@H](c2cccc(C)c2)N2C(CC(=O)NCCc3cccs3)=CSC2=N1. The Morgan fingerprint density at radius 1 is 1.21 bits per heavy atom. The highest BCUT2D eigenvalue weighted by atomic mass is 32.2. The lowest BCUT2D eigenvalue weighted by Gasteiger charge is -2.36. The first-order valence-electron chi connectivity index (χ1n) is 11.3. The molecule has 0 unspecified atom stereocenters. The molecule has 1 aromatic heterocycles. The van der Waals surface area contributed by atoms with Crippen LogP contribution in [0.5, 0.6) is 0 Å². The Bertz CT molecular complexity index is 1170.